The Bertz CT molecular complexity index is 2810. The first kappa shape index (κ1) is 94.4. The number of aliphatic hydroxyl groups excluding tert-OH is 36. The van der Waals surface area contributed by atoms with Crippen molar-refractivity contribution in [2.75, 3.05) is 46.2 Å². The predicted octanol–water partition coefficient (Wildman–Crippen LogP) is -20.4. The smallest absolute Gasteiger partial charge is 0.302 e. The Morgan fingerprint density at radius 3 is 0.990 bits per heavy atom. The third-order valence-electron chi connectivity index (χ3n) is 22.0. The number of ether oxygens (including phenoxy) is 3. The normalized spacial score (nSPS) is 33.9. The van der Waals surface area contributed by atoms with Crippen LogP contribution in [-0.4, -0.2) is 470 Å². The average molecular weight is 1540 g/mol. The van der Waals surface area contributed by atoms with Crippen LogP contribution in [0.3, 0.4) is 0 Å². The van der Waals surface area contributed by atoms with Crippen molar-refractivity contribution in [3.8, 4) is 0 Å². The monoisotopic (exact) mass is 1540 g/mol. The van der Waals surface area contributed by atoms with E-state index < -0.39 is 324 Å². The molecule has 0 aromatic carbocycles. The number of carbonyl (C=O) groups excluding carboxylic acids is 2. The third kappa shape index (κ3) is 17.6. The van der Waals surface area contributed by atoms with E-state index in [0.717, 1.165) is 46.8 Å². The molecule has 0 spiro atoms. The van der Waals surface area contributed by atoms with Crippen LogP contribution in [0.1, 0.15) is 53.9 Å². The molecule has 4 rings (SSSR count). The summed E-state index contributed by atoms with van der Waals surface area (Å²) < 4.78 is 18.7. The van der Waals surface area contributed by atoms with Gasteiger partial charge in [-0.2, -0.15) is 0 Å². The number of aliphatic hydroxyl groups is 38. The Morgan fingerprint density at radius 2 is 0.686 bits per heavy atom. The van der Waals surface area contributed by atoms with Crippen LogP contribution < -0.4 is 0 Å². The van der Waals surface area contributed by atoms with Crippen LogP contribution in [0.5, 0.6) is 0 Å². The number of rotatable bonds is 44. The lowest BCUT2D eigenvalue weighted by atomic mass is 9.49. The summed E-state index contributed by atoms with van der Waals surface area (Å²) in [5.74, 6) is -9.18. The van der Waals surface area contributed by atoms with E-state index in [9.17, 15) is 204 Å². The minimum absolute atomic E-state index is 0.357. The highest BCUT2D eigenvalue weighted by molar-refractivity contribution is 6.05. The predicted molar refractivity (Wildman–Crippen MR) is 338 cm³/mol. The van der Waals surface area contributed by atoms with Gasteiger partial charge in [0, 0.05) is 48.3 Å². The van der Waals surface area contributed by atoms with Gasteiger partial charge in [0.2, 0.25) is 0 Å². The largest absolute Gasteiger partial charge is 0.461 e. The van der Waals surface area contributed by atoms with Crippen LogP contribution >= 0.6 is 0 Å². The van der Waals surface area contributed by atoms with Gasteiger partial charge in [-0.25, -0.2) is 0 Å². The van der Waals surface area contributed by atoms with Gasteiger partial charge in [-0.15, -0.1) is 0 Å². The molecule has 616 valence electrons. The molecule has 43 heteroatoms. The van der Waals surface area contributed by atoms with E-state index in [1.54, 1.807) is 0 Å². The fourth-order valence-corrected chi connectivity index (χ4v) is 15.7. The molecule has 0 bridgehead atoms. The van der Waals surface area contributed by atoms with Crippen LogP contribution in [-0.2, 0) is 23.8 Å². The molecule has 4 aliphatic carbocycles. The van der Waals surface area contributed by atoms with E-state index >= 15 is 0 Å². The molecule has 0 radical (unpaired) electrons. The maximum absolute atomic E-state index is 14.7. The fraction of sp³-hybridized carbons (Fsp3) is 0.903. The van der Waals surface area contributed by atoms with E-state index in [2.05, 4.69) is 0 Å². The zero-order valence-electron chi connectivity index (χ0n) is 57.5. The Balaban J connectivity index is 2.29. The quantitative estimate of drug-likeness (QED) is 0.0199. The van der Waals surface area contributed by atoms with Gasteiger partial charge in [-0.3, -0.25) is 9.59 Å². The fourth-order valence-electron chi connectivity index (χ4n) is 15.7. The van der Waals surface area contributed by atoms with Crippen LogP contribution in [0.25, 0.3) is 0 Å². The van der Waals surface area contributed by atoms with Crippen molar-refractivity contribution in [3.63, 3.8) is 0 Å². The van der Waals surface area contributed by atoms with Gasteiger partial charge >= 0.3 is 5.97 Å². The van der Waals surface area contributed by atoms with Crippen molar-refractivity contribution in [2.45, 2.75) is 272 Å². The lowest BCUT2D eigenvalue weighted by Gasteiger charge is -2.62. The molecular formula is C62H110O43. The highest BCUT2D eigenvalue weighted by Gasteiger charge is 2.98. The van der Waals surface area contributed by atoms with E-state index in [4.69, 9.17) is 14.2 Å². The topological polar surface area (TPSA) is 831 Å². The molecular weight excluding hydrogens is 1430 g/mol. The molecule has 40 atom stereocenters. The Kier molecular flexibility index (Phi) is 33.4. The van der Waals surface area contributed by atoms with E-state index in [0.29, 0.717) is 0 Å². The molecule has 32 unspecified atom stereocenters. The van der Waals surface area contributed by atoms with Gasteiger partial charge in [0.15, 0.2) is 5.78 Å². The second-order valence-corrected chi connectivity index (χ2v) is 28.7. The zero-order valence-corrected chi connectivity index (χ0v) is 57.5. The Hall–Kier alpha value is -2.98. The highest BCUT2D eigenvalue weighted by atomic mass is 16.6. The van der Waals surface area contributed by atoms with Crippen molar-refractivity contribution in [3.05, 3.63) is 23.3 Å². The summed E-state index contributed by atoms with van der Waals surface area (Å²) in [6.07, 6.45) is -91.7. The lowest BCUT2D eigenvalue weighted by Crippen LogP contribution is -2.75. The van der Waals surface area contributed by atoms with Crippen LogP contribution in [0.4, 0.5) is 0 Å². The number of hydrogen-bond donors (Lipinski definition) is 38. The SMILES string of the molecule is CC(=O)OCC1=C[C@@H]2[C@@](O)([C@@H]3C=C(C)C(=O)[C@@]3(O)C1)[C@H](C)[C@@](CC(O)C(O)C(O)C(O)C(O)C(O)C(O)C(O)CO)(OCC(O)C(O)C(O)C(O)C(O)C(O)C(O)C(O)CO)[C@@]1(OCC(O)C(O)C(O)C(O)C(O)C(O)C(O)C(O)CO)C(C)(C)[C@@]21CC(O)C(O)C(O)C(O)C(O)C(O)C(O)C(O)CO. The molecule has 43 nitrogen and oxygen atoms in total. The van der Waals surface area contributed by atoms with Gasteiger partial charge in [-0.1, -0.05) is 32.9 Å². The number of ketones is 1. The number of carbonyl (C=O) groups is 2. The molecule has 2 fully saturated rings. The summed E-state index contributed by atoms with van der Waals surface area (Å²) in [6, 6.07) is 0. The second-order valence-electron chi connectivity index (χ2n) is 28.7. The second kappa shape index (κ2) is 37.1. The first-order chi connectivity index (χ1) is 48.3. The summed E-state index contributed by atoms with van der Waals surface area (Å²) in [5, 5.41) is 421. The summed E-state index contributed by atoms with van der Waals surface area (Å²) >= 11 is 0. The van der Waals surface area contributed by atoms with Crippen LogP contribution in [0.2, 0.25) is 0 Å². The molecule has 0 heterocycles. The number of fused-ring (bicyclic) bond motifs is 5. The molecule has 4 aliphatic rings. The highest BCUT2D eigenvalue weighted by Crippen LogP contribution is 2.89. The maximum Gasteiger partial charge on any atom is 0.302 e. The van der Waals surface area contributed by atoms with Gasteiger partial charge in [0.25, 0.3) is 0 Å². The Labute approximate surface area is 597 Å². The molecule has 0 aromatic rings. The lowest BCUT2D eigenvalue weighted by molar-refractivity contribution is -0.314. The minimum atomic E-state index is -3.47. The van der Waals surface area contributed by atoms with Gasteiger partial charge in [0.05, 0.1) is 57.5 Å². The molecule has 0 saturated heterocycles. The van der Waals surface area contributed by atoms with Crippen molar-refractivity contribution in [2.24, 2.45) is 28.6 Å². The summed E-state index contributed by atoms with van der Waals surface area (Å²) in [7, 11) is 0. The Morgan fingerprint density at radius 1 is 0.410 bits per heavy atom. The minimum Gasteiger partial charge on any atom is -0.461 e. The van der Waals surface area contributed by atoms with Crippen molar-refractivity contribution < 1.29 is 218 Å². The molecule has 38 N–H and O–H groups in total. The maximum atomic E-state index is 14.7. The van der Waals surface area contributed by atoms with E-state index in [-0.39, 0.29) is 11.1 Å². The zero-order chi connectivity index (χ0) is 81.1. The first-order valence-electron chi connectivity index (χ1n) is 33.3. The number of esters is 1. The van der Waals surface area contributed by atoms with Gasteiger partial charge < -0.3 is 208 Å². The van der Waals surface area contributed by atoms with E-state index in [1.165, 1.54) is 0 Å². The van der Waals surface area contributed by atoms with Crippen molar-refractivity contribution in [1.82, 2.24) is 0 Å². The summed E-state index contributed by atoms with van der Waals surface area (Å²) in [5.41, 5.74) is -19.2. The standard InChI is InChI=1S/C62H110O43/c1-18-6-30-58(101,56(18)100)8-21(15-103-20(3)67)7-31-59(9-22(68)32(76)40(84)48(92)50(94)42(86)34(78)24(70)11-63)57(4,5)62(59,105-17-29(75)39(83)47(91)55(99)53(97)45(89)37(81)27(73)14-66)60(19(2)61(30,31)102,10-23(69)33(77)41(85)49(93)51(95)43(87)35(79)25(71)12-64)104-16-28(74)38(82)46(90)54(98)52(96)44(88)36(80)26(72)13-65/h6-7,19,22-55,63-66,68-99,101-102H,8-17H2,1-5H3/t19-,22?,23?,24?,25?,26?,27?,28?,29?,30-,31+,32?,33?,34?,35?,36?,37?,38?,39?,40?,41?,42?,43?,44?,45?,46?,47?,48?,49?,50?,51?,52?,53?,54?,55?,58-,59-,60-,61+,62-/m1/s1. The summed E-state index contributed by atoms with van der Waals surface area (Å²) in [4.78, 5) is 27.3. The molecule has 105 heavy (non-hydrogen) atoms. The number of hydrogen-bond acceptors (Lipinski definition) is 43. The van der Waals surface area contributed by atoms with Crippen LogP contribution in [0, 0.1) is 28.6 Å². The summed E-state index contributed by atoms with van der Waals surface area (Å²) in [6.45, 7) is -4.64. The number of Topliss-reactive ketones (excluding diaryl/α,β-unsaturated/α-hetero) is 1. The van der Waals surface area contributed by atoms with Crippen molar-refractivity contribution in [1.29, 1.82) is 0 Å². The van der Waals surface area contributed by atoms with Crippen LogP contribution in [0.15, 0.2) is 23.3 Å². The van der Waals surface area contributed by atoms with Crippen molar-refractivity contribution >= 4 is 11.8 Å². The first-order valence-corrected chi connectivity index (χ1v) is 33.3. The molecule has 0 amide bonds. The molecule has 0 aliphatic heterocycles. The van der Waals surface area contributed by atoms with Gasteiger partial charge in [0.1, 0.15) is 207 Å². The molecule has 0 aromatic heterocycles. The molecule has 2 saturated carbocycles. The van der Waals surface area contributed by atoms with E-state index in [1.807, 2.05) is 0 Å². The third-order valence-corrected chi connectivity index (χ3v) is 22.0. The van der Waals surface area contributed by atoms with Gasteiger partial charge in [-0.05, 0) is 24.5 Å². The average Bonchev–Trinajstić information content (AvgIpc) is 1.42.